The van der Waals surface area contributed by atoms with E-state index >= 15 is 0 Å². The molecule has 27 heavy (non-hydrogen) atoms. The molecule has 0 aliphatic rings. The van der Waals surface area contributed by atoms with Crippen LogP contribution in [0.4, 0.5) is 10.3 Å². The number of H-pyrrole nitrogens is 1. The second-order valence-corrected chi connectivity index (χ2v) is 6.91. The van der Waals surface area contributed by atoms with Gasteiger partial charge in [0, 0.05) is 18.7 Å². The summed E-state index contributed by atoms with van der Waals surface area (Å²) in [4.78, 5) is 10.1. The summed E-state index contributed by atoms with van der Waals surface area (Å²) in [6, 6.07) is 17.1. The number of unbranched alkanes of at least 4 members (excludes halogenated alkanes) is 4. The second-order valence-electron chi connectivity index (χ2n) is 6.91. The van der Waals surface area contributed by atoms with Gasteiger partial charge in [-0.25, -0.2) is 9.37 Å². The van der Waals surface area contributed by atoms with Crippen molar-refractivity contribution in [1.82, 2.24) is 9.97 Å². The average Bonchev–Trinajstić information content (AvgIpc) is 3.19. The molecule has 0 spiro atoms. The summed E-state index contributed by atoms with van der Waals surface area (Å²) in [5.41, 5.74) is 2.78. The second kappa shape index (κ2) is 9.91. The Bertz CT molecular complexity index is 813. The molecule has 2 aromatic carbocycles. The highest BCUT2D eigenvalue weighted by molar-refractivity contribution is 5.60. The van der Waals surface area contributed by atoms with Crippen molar-refractivity contribution < 1.29 is 4.39 Å². The summed E-state index contributed by atoms with van der Waals surface area (Å²) in [6.45, 7) is 3.60. The largest absolute Gasteiger partial charge is 0.338 e. The van der Waals surface area contributed by atoms with Gasteiger partial charge in [-0.3, -0.25) is 0 Å². The minimum Gasteiger partial charge on any atom is -0.338 e. The van der Waals surface area contributed by atoms with Crippen LogP contribution in [-0.2, 0) is 6.54 Å². The zero-order valence-electron chi connectivity index (χ0n) is 16.0. The number of anilines is 1. The Morgan fingerprint density at radius 3 is 2.44 bits per heavy atom. The van der Waals surface area contributed by atoms with Crippen molar-refractivity contribution in [3.63, 3.8) is 0 Å². The average molecular weight is 365 g/mol. The highest BCUT2D eigenvalue weighted by Crippen LogP contribution is 2.22. The fourth-order valence-corrected chi connectivity index (χ4v) is 3.23. The first-order chi connectivity index (χ1) is 13.3. The molecule has 142 valence electrons. The number of nitrogens with zero attached hydrogens (tertiary/aromatic N) is 2. The van der Waals surface area contributed by atoms with Gasteiger partial charge >= 0.3 is 0 Å². The summed E-state index contributed by atoms with van der Waals surface area (Å²) in [5.74, 6) is 0.635. The highest BCUT2D eigenvalue weighted by atomic mass is 19.1. The van der Waals surface area contributed by atoms with E-state index in [1.165, 1.54) is 31.7 Å². The van der Waals surface area contributed by atoms with E-state index < -0.39 is 0 Å². The van der Waals surface area contributed by atoms with E-state index in [1.807, 2.05) is 36.5 Å². The van der Waals surface area contributed by atoms with Crippen LogP contribution in [0.3, 0.4) is 0 Å². The van der Waals surface area contributed by atoms with Gasteiger partial charge in [-0.05, 0) is 18.1 Å². The van der Waals surface area contributed by atoms with Crippen LogP contribution in [0.5, 0.6) is 0 Å². The number of hydrogen-bond donors (Lipinski definition) is 1. The van der Waals surface area contributed by atoms with E-state index in [4.69, 9.17) is 0 Å². The molecule has 1 heterocycles. The van der Waals surface area contributed by atoms with Crippen molar-refractivity contribution in [2.45, 2.75) is 45.6 Å². The number of halogens is 1. The minimum atomic E-state index is -0.164. The normalized spacial score (nSPS) is 10.9. The van der Waals surface area contributed by atoms with Crippen molar-refractivity contribution in [2.75, 3.05) is 11.4 Å². The first-order valence-electron chi connectivity index (χ1n) is 9.86. The van der Waals surface area contributed by atoms with Gasteiger partial charge in [0.25, 0.3) is 0 Å². The molecule has 0 unspecified atom stereocenters. The standard InChI is InChI=1S/C23H28FN3/c1-2-3-4-5-11-16-27(18-20-14-9-10-15-21(20)24)23-25-17-22(26-23)19-12-7-6-8-13-19/h6-10,12-15,17H,2-5,11,16,18H2,1H3,(H,25,26). The fourth-order valence-electron chi connectivity index (χ4n) is 3.23. The van der Waals surface area contributed by atoms with Gasteiger partial charge in [0.05, 0.1) is 11.9 Å². The van der Waals surface area contributed by atoms with Crippen LogP contribution in [0.1, 0.15) is 44.6 Å². The summed E-state index contributed by atoms with van der Waals surface area (Å²) in [7, 11) is 0. The molecule has 0 aliphatic carbocycles. The predicted molar refractivity (Wildman–Crippen MR) is 110 cm³/mol. The predicted octanol–water partition coefficient (Wildman–Crippen LogP) is 6.19. The fraction of sp³-hybridized carbons (Fsp3) is 0.348. The Hall–Kier alpha value is -2.62. The van der Waals surface area contributed by atoms with E-state index in [0.717, 1.165) is 30.2 Å². The summed E-state index contributed by atoms with van der Waals surface area (Å²) >= 11 is 0. The van der Waals surface area contributed by atoms with Crippen LogP contribution < -0.4 is 4.90 Å². The van der Waals surface area contributed by atoms with Gasteiger partial charge in [-0.2, -0.15) is 0 Å². The van der Waals surface area contributed by atoms with Crippen molar-refractivity contribution in [1.29, 1.82) is 0 Å². The summed E-state index contributed by atoms with van der Waals surface area (Å²) in [6.07, 6.45) is 7.88. The quantitative estimate of drug-likeness (QED) is 0.434. The Balaban J connectivity index is 1.74. The Labute approximate surface area is 161 Å². The van der Waals surface area contributed by atoms with Gasteiger partial charge < -0.3 is 9.88 Å². The summed E-state index contributed by atoms with van der Waals surface area (Å²) < 4.78 is 14.2. The lowest BCUT2D eigenvalue weighted by Crippen LogP contribution is -2.25. The Morgan fingerprint density at radius 2 is 1.67 bits per heavy atom. The van der Waals surface area contributed by atoms with Crippen molar-refractivity contribution in [3.8, 4) is 11.3 Å². The van der Waals surface area contributed by atoms with E-state index in [0.29, 0.717) is 12.1 Å². The van der Waals surface area contributed by atoms with Gasteiger partial charge in [-0.15, -0.1) is 0 Å². The van der Waals surface area contributed by atoms with E-state index in [-0.39, 0.29) is 5.82 Å². The molecule has 0 fully saturated rings. The van der Waals surface area contributed by atoms with Crippen LogP contribution in [0.15, 0.2) is 60.8 Å². The Morgan fingerprint density at radius 1 is 0.926 bits per heavy atom. The molecule has 3 nitrogen and oxygen atoms in total. The monoisotopic (exact) mass is 365 g/mol. The molecule has 3 aromatic rings. The van der Waals surface area contributed by atoms with E-state index in [1.54, 1.807) is 6.07 Å². The van der Waals surface area contributed by atoms with E-state index in [2.05, 4.69) is 33.9 Å². The van der Waals surface area contributed by atoms with Gasteiger partial charge in [-0.1, -0.05) is 81.1 Å². The molecule has 0 saturated heterocycles. The smallest absolute Gasteiger partial charge is 0.203 e. The van der Waals surface area contributed by atoms with Gasteiger partial charge in [0.1, 0.15) is 5.82 Å². The lowest BCUT2D eigenvalue weighted by atomic mass is 10.1. The van der Waals surface area contributed by atoms with Crippen molar-refractivity contribution >= 4 is 5.95 Å². The lowest BCUT2D eigenvalue weighted by molar-refractivity contribution is 0.587. The lowest BCUT2D eigenvalue weighted by Gasteiger charge is -2.22. The molecule has 0 aliphatic heterocycles. The van der Waals surface area contributed by atoms with Crippen LogP contribution >= 0.6 is 0 Å². The third-order valence-corrected chi connectivity index (χ3v) is 4.80. The molecule has 1 N–H and O–H groups in total. The molecule has 0 amide bonds. The summed E-state index contributed by atoms with van der Waals surface area (Å²) in [5, 5.41) is 0. The molecule has 0 radical (unpaired) electrons. The van der Waals surface area contributed by atoms with Crippen molar-refractivity contribution in [3.05, 3.63) is 72.2 Å². The molecule has 0 atom stereocenters. The SMILES string of the molecule is CCCCCCCN(Cc1ccccc1F)c1ncc(-c2ccccc2)[nH]1. The number of nitrogens with one attached hydrogen (secondary N) is 1. The number of rotatable bonds is 10. The minimum absolute atomic E-state index is 0.164. The molecule has 4 heteroatoms. The molecule has 3 rings (SSSR count). The van der Waals surface area contributed by atoms with Gasteiger partial charge in [0.2, 0.25) is 5.95 Å². The third kappa shape index (κ3) is 5.43. The molecule has 1 aromatic heterocycles. The van der Waals surface area contributed by atoms with Crippen LogP contribution in [0.25, 0.3) is 11.3 Å². The zero-order chi connectivity index (χ0) is 18.9. The Kier molecular flexibility index (Phi) is 7.03. The first kappa shape index (κ1) is 19.2. The molecule has 0 bridgehead atoms. The number of hydrogen-bond acceptors (Lipinski definition) is 2. The number of aromatic amines is 1. The van der Waals surface area contributed by atoms with Gasteiger partial charge in [0.15, 0.2) is 0 Å². The van der Waals surface area contributed by atoms with Crippen molar-refractivity contribution in [2.24, 2.45) is 0 Å². The topological polar surface area (TPSA) is 31.9 Å². The number of imidazole rings is 1. The van der Waals surface area contributed by atoms with Crippen LogP contribution in [0, 0.1) is 5.82 Å². The molecule has 0 saturated carbocycles. The third-order valence-electron chi connectivity index (χ3n) is 4.80. The van der Waals surface area contributed by atoms with Crippen LogP contribution in [-0.4, -0.2) is 16.5 Å². The van der Waals surface area contributed by atoms with Crippen LogP contribution in [0.2, 0.25) is 0 Å². The molecular formula is C23H28FN3. The zero-order valence-corrected chi connectivity index (χ0v) is 16.0. The van der Waals surface area contributed by atoms with E-state index in [9.17, 15) is 4.39 Å². The maximum atomic E-state index is 14.2. The maximum Gasteiger partial charge on any atom is 0.203 e. The number of benzene rings is 2. The highest BCUT2D eigenvalue weighted by Gasteiger charge is 2.14. The first-order valence-corrected chi connectivity index (χ1v) is 9.86. The molecular weight excluding hydrogens is 337 g/mol. The maximum absolute atomic E-state index is 14.2. The number of aromatic nitrogens is 2.